The molecule has 5 heteroatoms. The summed E-state index contributed by atoms with van der Waals surface area (Å²) in [5.41, 5.74) is 0.493. The predicted molar refractivity (Wildman–Crippen MR) is 70.3 cm³/mol. The summed E-state index contributed by atoms with van der Waals surface area (Å²) in [5.74, 6) is -1.92. The molecular weight excluding hydrogens is 263 g/mol. The van der Waals surface area contributed by atoms with Crippen LogP contribution >= 0.6 is 0 Å². The summed E-state index contributed by atoms with van der Waals surface area (Å²) in [4.78, 5) is 11.0. The number of carboxylic acid groups (broad SMARTS) is 1. The Labute approximate surface area is 115 Å². The molecule has 20 heavy (non-hydrogen) atoms. The second kappa shape index (κ2) is 6.16. The molecular formula is C15H13FO4. The van der Waals surface area contributed by atoms with Gasteiger partial charge in [0.25, 0.3) is 0 Å². The monoisotopic (exact) mass is 276 g/mol. The number of ether oxygens (including phenoxy) is 1. The van der Waals surface area contributed by atoms with Crippen molar-refractivity contribution in [2.45, 2.75) is 6.10 Å². The fourth-order valence-corrected chi connectivity index (χ4v) is 1.73. The van der Waals surface area contributed by atoms with E-state index in [-0.39, 0.29) is 17.9 Å². The van der Waals surface area contributed by atoms with E-state index < -0.39 is 17.9 Å². The molecule has 104 valence electrons. The highest BCUT2D eigenvalue weighted by molar-refractivity contribution is 5.90. The van der Waals surface area contributed by atoms with Gasteiger partial charge in [0, 0.05) is 6.07 Å². The number of benzene rings is 2. The molecule has 2 rings (SSSR count). The van der Waals surface area contributed by atoms with E-state index in [9.17, 15) is 14.3 Å². The van der Waals surface area contributed by atoms with Gasteiger partial charge in [0.2, 0.25) is 0 Å². The number of halogens is 1. The first-order chi connectivity index (χ1) is 9.58. The van der Waals surface area contributed by atoms with E-state index in [0.29, 0.717) is 5.56 Å². The van der Waals surface area contributed by atoms with Crippen LogP contribution in [-0.4, -0.2) is 22.8 Å². The number of aliphatic hydroxyl groups is 1. The first kappa shape index (κ1) is 14.0. The zero-order valence-corrected chi connectivity index (χ0v) is 10.5. The summed E-state index contributed by atoms with van der Waals surface area (Å²) in [6.07, 6.45) is -0.916. The first-order valence-electron chi connectivity index (χ1n) is 5.96. The summed E-state index contributed by atoms with van der Waals surface area (Å²) in [6.45, 7) is -0.159. The van der Waals surface area contributed by atoms with Crippen LogP contribution in [0.15, 0.2) is 48.5 Å². The van der Waals surface area contributed by atoms with Crippen LogP contribution in [0.5, 0.6) is 5.75 Å². The van der Waals surface area contributed by atoms with Crippen molar-refractivity contribution in [3.8, 4) is 5.75 Å². The minimum absolute atomic E-state index is 0.104. The Balaban J connectivity index is 2.11. The Bertz CT molecular complexity index is 598. The Morgan fingerprint density at radius 2 is 1.90 bits per heavy atom. The Kier molecular flexibility index (Phi) is 4.32. The van der Waals surface area contributed by atoms with E-state index in [4.69, 9.17) is 9.84 Å². The maximum Gasteiger partial charge on any atom is 0.339 e. The largest absolute Gasteiger partial charge is 0.490 e. The first-order valence-corrected chi connectivity index (χ1v) is 5.96. The van der Waals surface area contributed by atoms with Gasteiger partial charge in [-0.3, -0.25) is 0 Å². The lowest BCUT2D eigenvalue weighted by Crippen LogP contribution is -2.12. The molecule has 0 bridgehead atoms. The lowest BCUT2D eigenvalue weighted by atomic mass is 10.1. The standard InChI is InChI=1S/C15H13FO4/c16-11-6-7-12(15(18)19)14(8-11)20-9-13(17)10-4-2-1-3-5-10/h1-8,13,17H,9H2,(H,18,19). The molecule has 2 aromatic carbocycles. The van der Waals surface area contributed by atoms with Gasteiger partial charge in [0.15, 0.2) is 0 Å². The second-order valence-electron chi connectivity index (χ2n) is 4.18. The molecule has 0 aliphatic carbocycles. The number of hydrogen-bond donors (Lipinski definition) is 2. The zero-order chi connectivity index (χ0) is 14.5. The molecule has 0 saturated heterocycles. The van der Waals surface area contributed by atoms with Crippen LogP contribution in [0.4, 0.5) is 4.39 Å². The quantitative estimate of drug-likeness (QED) is 0.881. The number of aliphatic hydroxyl groups excluding tert-OH is 1. The van der Waals surface area contributed by atoms with Crippen molar-refractivity contribution < 1.29 is 24.1 Å². The summed E-state index contributed by atoms with van der Waals surface area (Å²) in [5, 5.41) is 18.9. The summed E-state index contributed by atoms with van der Waals surface area (Å²) < 4.78 is 18.3. The minimum Gasteiger partial charge on any atom is -0.490 e. The van der Waals surface area contributed by atoms with Crippen LogP contribution in [0.2, 0.25) is 0 Å². The van der Waals surface area contributed by atoms with Gasteiger partial charge in [0.1, 0.15) is 29.8 Å². The highest BCUT2D eigenvalue weighted by Crippen LogP contribution is 2.22. The van der Waals surface area contributed by atoms with E-state index in [2.05, 4.69) is 0 Å². The highest BCUT2D eigenvalue weighted by Gasteiger charge is 2.14. The molecule has 1 unspecified atom stereocenters. The average molecular weight is 276 g/mol. The van der Waals surface area contributed by atoms with Crippen LogP contribution in [-0.2, 0) is 0 Å². The van der Waals surface area contributed by atoms with Crippen LogP contribution in [0.1, 0.15) is 22.0 Å². The van der Waals surface area contributed by atoms with Crippen LogP contribution in [0, 0.1) is 5.82 Å². The molecule has 0 spiro atoms. The molecule has 0 aromatic heterocycles. The molecule has 0 aliphatic heterocycles. The zero-order valence-electron chi connectivity index (χ0n) is 10.5. The maximum absolute atomic E-state index is 13.1. The van der Waals surface area contributed by atoms with Gasteiger partial charge in [-0.15, -0.1) is 0 Å². The molecule has 2 aromatic rings. The third kappa shape index (κ3) is 3.33. The summed E-state index contributed by atoms with van der Waals surface area (Å²) in [7, 11) is 0. The molecule has 0 heterocycles. The van der Waals surface area contributed by atoms with E-state index in [1.807, 2.05) is 6.07 Å². The van der Waals surface area contributed by atoms with Gasteiger partial charge in [-0.25, -0.2) is 9.18 Å². The van der Waals surface area contributed by atoms with Gasteiger partial charge in [0.05, 0.1) is 0 Å². The molecule has 0 radical (unpaired) electrons. The highest BCUT2D eigenvalue weighted by atomic mass is 19.1. The van der Waals surface area contributed by atoms with Gasteiger partial charge < -0.3 is 14.9 Å². The normalized spacial score (nSPS) is 11.9. The number of carbonyl (C=O) groups is 1. The van der Waals surface area contributed by atoms with E-state index in [0.717, 1.165) is 18.2 Å². The third-order valence-electron chi connectivity index (χ3n) is 2.76. The van der Waals surface area contributed by atoms with E-state index in [1.165, 1.54) is 0 Å². The average Bonchev–Trinajstić information content (AvgIpc) is 2.45. The fourth-order valence-electron chi connectivity index (χ4n) is 1.73. The summed E-state index contributed by atoms with van der Waals surface area (Å²) in [6, 6.07) is 11.9. The Morgan fingerprint density at radius 3 is 2.55 bits per heavy atom. The molecule has 2 N–H and O–H groups in total. The molecule has 1 atom stereocenters. The van der Waals surface area contributed by atoms with Crippen LogP contribution in [0.25, 0.3) is 0 Å². The molecule has 0 aliphatic rings. The lowest BCUT2D eigenvalue weighted by Gasteiger charge is -2.14. The minimum atomic E-state index is -1.21. The smallest absolute Gasteiger partial charge is 0.339 e. The summed E-state index contributed by atoms with van der Waals surface area (Å²) >= 11 is 0. The molecule has 0 amide bonds. The van der Waals surface area contributed by atoms with E-state index in [1.54, 1.807) is 24.3 Å². The van der Waals surface area contributed by atoms with E-state index >= 15 is 0 Å². The number of carboxylic acids is 1. The third-order valence-corrected chi connectivity index (χ3v) is 2.76. The van der Waals surface area contributed by atoms with Crippen molar-refractivity contribution in [2.24, 2.45) is 0 Å². The van der Waals surface area contributed by atoms with Crippen molar-refractivity contribution in [3.63, 3.8) is 0 Å². The number of rotatable bonds is 5. The molecule has 0 saturated carbocycles. The van der Waals surface area contributed by atoms with Crippen molar-refractivity contribution in [3.05, 3.63) is 65.5 Å². The van der Waals surface area contributed by atoms with Crippen molar-refractivity contribution in [1.82, 2.24) is 0 Å². The van der Waals surface area contributed by atoms with Gasteiger partial charge in [-0.05, 0) is 17.7 Å². The van der Waals surface area contributed by atoms with Crippen molar-refractivity contribution in [2.75, 3.05) is 6.61 Å². The Morgan fingerprint density at radius 1 is 1.20 bits per heavy atom. The molecule has 4 nitrogen and oxygen atoms in total. The predicted octanol–water partition coefficient (Wildman–Crippen LogP) is 2.64. The van der Waals surface area contributed by atoms with Crippen molar-refractivity contribution >= 4 is 5.97 Å². The van der Waals surface area contributed by atoms with Gasteiger partial charge in [-0.1, -0.05) is 30.3 Å². The SMILES string of the molecule is O=C(O)c1ccc(F)cc1OCC(O)c1ccccc1. The van der Waals surface area contributed by atoms with Crippen molar-refractivity contribution in [1.29, 1.82) is 0 Å². The number of hydrogen-bond acceptors (Lipinski definition) is 3. The van der Waals surface area contributed by atoms with Gasteiger partial charge >= 0.3 is 5.97 Å². The number of aromatic carboxylic acids is 1. The molecule has 0 fully saturated rings. The maximum atomic E-state index is 13.1. The lowest BCUT2D eigenvalue weighted by molar-refractivity contribution is 0.0683. The fraction of sp³-hybridized carbons (Fsp3) is 0.133. The van der Waals surface area contributed by atoms with Crippen LogP contribution < -0.4 is 4.74 Å². The Hall–Kier alpha value is -2.40. The topological polar surface area (TPSA) is 66.8 Å². The second-order valence-corrected chi connectivity index (χ2v) is 4.18. The van der Waals surface area contributed by atoms with Gasteiger partial charge in [-0.2, -0.15) is 0 Å². The van der Waals surface area contributed by atoms with Crippen LogP contribution in [0.3, 0.4) is 0 Å².